The summed E-state index contributed by atoms with van der Waals surface area (Å²) in [5.41, 5.74) is 0.578. The summed E-state index contributed by atoms with van der Waals surface area (Å²) in [4.78, 5) is 12.4. The molecule has 2 rings (SSSR count). The summed E-state index contributed by atoms with van der Waals surface area (Å²) < 4.78 is 25.5. The monoisotopic (exact) mass is 369 g/mol. The summed E-state index contributed by atoms with van der Waals surface area (Å²) in [6.45, 7) is 0. The molecule has 1 amide bonds. The number of hydrogen-bond donors (Lipinski definition) is 1. The Morgan fingerprint density at radius 3 is 2.65 bits per heavy atom. The van der Waals surface area contributed by atoms with Gasteiger partial charge in [0.15, 0.2) is 0 Å². The van der Waals surface area contributed by atoms with Crippen molar-refractivity contribution >= 4 is 44.6 Å². The summed E-state index contributed by atoms with van der Waals surface area (Å²) in [5, 5.41) is 13.3. The Morgan fingerprint density at radius 1 is 1.35 bits per heavy atom. The Bertz CT molecular complexity index is 898. The zero-order valence-electron chi connectivity index (χ0n) is 12.2. The van der Waals surface area contributed by atoms with Crippen LogP contribution in [0.25, 0.3) is 0 Å². The number of nitriles is 1. The van der Waals surface area contributed by atoms with Crippen LogP contribution >= 0.6 is 22.9 Å². The second-order valence-electron chi connectivity index (χ2n) is 4.66. The molecule has 0 saturated carbocycles. The first-order chi connectivity index (χ1) is 10.8. The number of hydrogen-bond acceptors (Lipinski definition) is 5. The van der Waals surface area contributed by atoms with E-state index in [4.69, 9.17) is 16.9 Å². The highest BCUT2D eigenvalue weighted by Crippen LogP contribution is 2.26. The zero-order valence-corrected chi connectivity index (χ0v) is 14.6. The highest BCUT2D eigenvalue weighted by Gasteiger charge is 2.26. The van der Waals surface area contributed by atoms with Gasteiger partial charge in [-0.1, -0.05) is 11.6 Å². The van der Waals surface area contributed by atoms with E-state index in [1.807, 2.05) is 6.07 Å². The van der Waals surface area contributed by atoms with Crippen molar-refractivity contribution in [2.45, 2.75) is 4.90 Å². The number of anilines is 1. The van der Waals surface area contributed by atoms with E-state index in [-0.39, 0.29) is 20.4 Å². The van der Waals surface area contributed by atoms with Gasteiger partial charge < -0.3 is 5.32 Å². The van der Waals surface area contributed by atoms with Gasteiger partial charge in [-0.05, 0) is 29.6 Å². The number of nitrogens with zero attached hydrogens (tertiary/aromatic N) is 2. The lowest BCUT2D eigenvalue weighted by Crippen LogP contribution is -2.24. The summed E-state index contributed by atoms with van der Waals surface area (Å²) in [6.07, 6.45) is 0. The third-order valence-corrected chi connectivity index (χ3v) is 6.17. The largest absolute Gasteiger partial charge is 0.321 e. The van der Waals surface area contributed by atoms with Gasteiger partial charge in [-0.25, -0.2) is 12.7 Å². The molecular weight excluding hydrogens is 358 g/mol. The van der Waals surface area contributed by atoms with E-state index in [1.165, 1.54) is 43.7 Å². The fourth-order valence-corrected chi connectivity index (χ4v) is 4.09. The van der Waals surface area contributed by atoms with Gasteiger partial charge in [0.1, 0.15) is 15.8 Å². The fraction of sp³-hybridized carbons (Fsp3) is 0.143. The van der Waals surface area contributed by atoms with Crippen molar-refractivity contribution in [1.82, 2.24) is 4.31 Å². The van der Waals surface area contributed by atoms with Gasteiger partial charge in [-0.15, -0.1) is 11.3 Å². The molecule has 0 aliphatic heterocycles. The van der Waals surface area contributed by atoms with Crippen LogP contribution in [0.5, 0.6) is 0 Å². The van der Waals surface area contributed by atoms with Crippen molar-refractivity contribution in [3.8, 4) is 6.07 Å². The lowest BCUT2D eigenvalue weighted by Gasteiger charge is -2.12. The van der Waals surface area contributed by atoms with Gasteiger partial charge in [-0.3, -0.25) is 4.79 Å². The lowest BCUT2D eigenvalue weighted by molar-refractivity contribution is 0.102. The first kappa shape index (κ1) is 17.4. The van der Waals surface area contributed by atoms with Crippen LogP contribution in [0.15, 0.2) is 34.5 Å². The summed E-state index contributed by atoms with van der Waals surface area (Å²) in [6, 6.07) is 7.75. The Morgan fingerprint density at radius 2 is 2.04 bits per heavy atom. The van der Waals surface area contributed by atoms with Gasteiger partial charge >= 0.3 is 0 Å². The second kappa shape index (κ2) is 6.68. The van der Waals surface area contributed by atoms with Crippen LogP contribution in [0, 0.1) is 11.3 Å². The number of carbonyl (C=O) groups excluding carboxylic acids is 1. The van der Waals surface area contributed by atoms with Crippen molar-refractivity contribution in [3.05, 3.63) is 45.1 Å². The number of thiophene rings is 1. The van der Waals surface area contributed by atoms with Crippen LogP contribution in [-0.4, -0.2) is 32.7 Å². The predicted octanol–water partition coefficient (Wildman–Crippen LogP) is 2.78. The molecule has 120 valence electrons. The average Bonchev–Trinajstić information content (AvgIpc) is 2.99. The standard InChI is InChI=1S/C14H12ClN3O3S2/c1-18(2)23(20,21)12-5-6-22-13(12)14(19)17-10-3-4-11(15)9(7-10)8-16/h3-7H,1-2H3,(H,17,19). The zero-order chi connectivity index (χ0) is 17.2. The molecule has 0 atom stereocenters. The molecule has 9 heteroatoms. The number of benzene rings is 1. The number of rotatable bonds is 4. The summed E-state index contributed by atoms with van der Waals surface area (Å²) in [5.74, 6) is -0.563. The number of carbonyl (C=O) groups is 1. The third-order valence-electron chi connectivity index (χ3n) is 2.94. The lowest BCUT2D eigenvalue weighted by atomic mass is 10.2. The maximum Gasteiger partial charge on any atom is 0.267 e. The van der Waals surface area contributed by atoms with Crippen molar-refractivity contribution in [2.75, 3.05) is 19.4 Å². The first-order valence-electron chi connectivity index (χ1n) is 6.28. The van der Waals surface area contributed by atoms with Crippen LogP contribution in [0.2, 0.25) is 5.02 Å². The summed E-state index contributed by atoms with van der Waals surface area (Å²) >= 11 is 6.86. The molecule has 0 aliphatic rings. The quantitative estimate of drug-likeness (QED) is 0.897. The molecule has 1 aromatic heterocycles. The van der Waals surface area contributed by atoms with Crippen LogP contribution in [0.3, 0.4) is 0 Å². The molecule has 0 spiro atoms. The molecule has 1 N–H and O–H groups in total. The van der Waals surface area contributed by atoms with E-state index >= 15 is 0 Å². The second-order valence-corrected chi connectivity index (χ2v) is 8.11. The molecule has 1 heterocycles. The molecule has 23 heavy (non-hydrogen) atoms. The number of sulfonamides is 1. The topological polar surface area (TPSA) is 90.3 Å². The average molecular weight is 370 g/mol. The Balaban J connectivity index is 2.34. The van der Waals surface area contributed by atoms with Gasteiger partial charge in [0.25, 0.3) is 5.91 Å². The molecule has 0 fully saturated rings. The number of amides is 1. The van der Waals surface area contributed by atoms with Crippen molar-refractivity contribution in [3.63, 3.8) is 0 Å². The van der Waals surface area contributed by atoms with Gasteiger partial charge in [-0.2, -0.15) is 5.26 Å². The van der Waals surface area contributed by atoms with Crippen molar-refractivity contribution in [2.24, 2.45) is 0 Å². The van der Waals surface area contributed by atoms with E-state index in [2.05, 4.69) is 5.32 Å². The number of halogens is 1. The fourth-order valence-electron chi connectivity index (χ4n) is 1.74. The van der Waals surface area contributed by atoms with Crippen LogP contribution in [-0.2, 0) is 10.0 Å². The third kappa shape index (κ3) is 3.54. The van der Waals surface area contributed by atoms with Gasteiger partial charge in [0.2, 0.25) is 10.0 Å². The summed E-state index contributed by atoms with van der Waals surface area (Å²) in [7, 11) is -0.920. The van der Waals surface area contributed by atoms with Crippen LogP contribution < -0.4 is 5.32 Å². The number of nitrogens with one attached hydrogen (secondary N) is 1. The molecule has 0 saturated heterocycles. The normalized spacial score (nSPS) is 11.3. The highest BCUT2D eigenvalue weighted by molar-refractivity contribution is 7.89. The van der Waals surface area contributed by atoms with Gasteiger partial charge in [0.05, 0.1) is 10.6 Å². The molecule has 0 radical (unpaired) electrons. The molecular formula is C14H12ClN3O3S2. The Kier molecular flexibility index (Phi) is 5.06. The molecule has 0 bridgehead atoms. The predicted molar refractivity (Wildman–Crippen MR) is 89.3 cm³/mol. The maximum atomic E-state index is 12.4. The van der Waals surface area contributed by atoms with Gasteiger partial charge in [0, 0.05) is 19.8 Å². The highest BCUT2D eigenvalue weighted by atomic mass is 35.5. The smallest absolute Gasteiger partial charge is 0.267 e. The Labute approximate surface area is 143 Å². The van der Waals surface area contributed by atoms with Crippen LogP contribution in [0.1, 0.15) is 15.2 Å². The molecule has 1 aromatic carbocycles. The van der Waals surface area contributed by atoms with E-state index in [1.54, 1.807) is 0 Å². The van der Waals surface area contributed by atoms with E-state index < -0.39 is 15.9 Å². The minimum absolute atomic E-state index is 0.0560. The minimum atomic E-state index is -3.71. The Hall–Kier alpha value is -1.92. The maximum absolute atomic E-state index is 12.4. The van der Waals surface area contributed by atoms with E-state index in [0.717, 1.165) is 15.6 Å². The molecule has 6 nitrogen and oxygen atoms in total. The first-order valence-corrected chi connectivity index (χ1v) is 8.98. The van der Waals surface area contributed by atoms with E-state index in [0.29, 0.717) is 5.69 Å². The molecule has 0 unspecified atom stereocenters. The van der Waals surface area contributed by atoms with Crippen LogP contribution in [0.4, 0.5) is 5.69 Å². The van der Waals surface area contributed by atoms with Crippen molar-refractivity contribution in [1.29, 1.82) is 5.26 Å². The van der Waals surface area contributed by atoms with Crippen molar-refractivity contribution < 1.29 is 13.2 Å². The molecule has 2 aromatic rings. The SMILES string of the molecule is CN(C)S(=O)(=O)c1ccsc1C(=O)Nc1ccc(Cl)c(C#N)c1. The van der Waals surface area contributed by atoms with E-state index in [9.17, 15) is 13.2 Å². The molecule has 0 aliphatic carbocycles. The minimum Gasteiger partial charge on any atom is -0.321 e.